The molecule has 2 heterocycles. The van der Waals surface area contributed by atoms with Crippen LogP contribution in [0.3, 0.4) is 0 Å². The van der Waals surface area contributed by atoms with Crippen LogP contribution in [0.25, 0.3) is 11.1 Å². The highest BCUT2D eigenvalue weighted by atomic mass is 32.1. The van der Waals surface area contributed by atoms with Gasteiger partial charge in [0.05, 0.1) is 12.1 Å². The lowest BCUT2D eigenvalue weighted by Crippen LogP contribution is -2.22. The monoisotopic (exact) mass is 299 g/mol. The first-order valence-corrected chi connectivity index (χ1v) is 7.56. The smallest absolute Gasteiger partial charge is 0.147 e. The maximum Gasteiger partial charge on any atom is 0.147 e. The molecule has 2 aromatic heterocycles. The van der Waals surface area contributed by atoms with Crippen LogP contribution in [-0.2, 0) is 6.54 Å². The normalized spacial score (nSPS) is 12.2. The molecule has 1 atom stereocenters. The van der Waals surface area contributed by atoms with E-state index in [4.69, 9.17) is 5.73 Å². The van der Waals surface area contributed by atoms with Crippen molar-refractivity contribution in [3.8, 4) is 11.1 Å². The number of anilines is 2. The predicted octanol–water partition coefficient (Wildman–Crippen LogP) is 3.09. The number of nitrogens with zero attached hydrogens (tertiary/aromatic N) is 3. The molecule has 0 radical (unpaired) electrons. The van der Waals surface area contributed by atoms with E-state index >= 15 is 0 Å². The van der Waals surface area contributed by atoms with Crippen LogP contribution >= 0.6 is 11.5 Å². The van der Waals surface area contributed by atoms with Gasteiger partial charge in [-0.3, -0.25) is 4.68 Å². The van der Waals surface area contributed by atoms with Crippen molar-refractivity contribution in [2.45, 2.75) is 19.5 Å². The van der Waals surface area contributed by atoms with Crippen LogP contribution < -0.4 is 11.1 Å². The molecule has 0 aliphatic carbocycles. The van der Waals surface area contributed by atoms with Crippen LogP contribution in [0.15, 0.2) is 48.8 Å². The Kier molecular flexibility index (Phi) is 3.87. The van der Waals surface area contributed by atoms with E-state index in [1.54, 1.807) is 6.20 Å². The largest absolute Gasteiger partial charge is 0.382 e. The van der Waals surface area contributed by atoms with E-state index in [-0.39, 0.29) is 6.04 Å². The standard InChI is InChI=1S/C15H17N5S/c1-11(10-20-9-5-8-17-20)18-15-13(14(16)19-21-15)12-6-3-2-4-7-12/h2-9,11,18H,10H2,1H3,(H2,16,19). The maximum absolute atomic E-state index is 6.03. The van der Waals surface area contributed by atoms with Gasteiger partial charge < -0.3 is 11.1 Å². The second-order valence-electron chi connectivity index (χ2n) is 4.91. The summed E-state index contributed by atoms with van der Waals surface area (Å²) in [4.78, 5) is 0. The molecule has 0 bridgehead atoms. The molecule has 0 saturated carbocycles. The molecular weight excluding hydrogens is 282 g/mol. The van der Waals surface area contributed by atoms with Gasteiger partial charge in [-0.1, -0.05) is 30.3 Å². The van der Waals surface area contributed by atoms with Crippen LogP contribution in [0.5, 0.6) is 0 Å². The summed E-state index contributed by atoms with van der Waals surface area (Å²) < 4.78 is 6.18. The maximum atomic E-state index is 6.03. The number of nitrogens with two attached hydrogens (primary N) is 1. The first kappa shape index (κ1) is 13.6. The zero-order chi connectivity index (χ0) is 14.7. The minimum Gasteiger partial charge on any atom is -0.382 e. The molecule has 5 nitrogen and oxygen atoms in total. The molecule has 6 heteroatoms. The topological polar surface area (TPSA) is 68.8 Å². The Bertz CT molecular complexity index is 690. The van der Waals surface area contributed by atoms with E-state index in [9.17, 15) is 0 Å². The molecule has 0 aliphatic heterocycles. The molecule has 1 unspecified atom stereocenters. The molecule has 0 saturated heterocycles. The SMILES string of the molecule is CC(Cn1cccn1)Nc1snc(N)c1-c1ccccc1. The van der Waals surface area contributed by atoms with Crippen LogP contribution in [-0.4, -0.2) is 20.2 Å². The van der Waals surface area contributed by atoms with Crippen molar-refractivity contribution < 1.29 is 0 Å². The van der Waals surface area contributed by atoms with Gasteiger partial charge in [0.15, 0.2) is 0 Å². The average molecular weight is 299 g/mol. The number of hydrogen-bond acceptors (Lipinski definition) is 5. The van der Waals surface area contributed by atoms with Crippen LogP contribution in [0.4, 0.5) is 10.8 Å². The number of benzene rings is 1. The van der Waals surface area contributed by atoms with Crippen LogP contribution in [0, 0.1) is 0 Å². The van der Waals surface area contributed by atoms with Gasteiger partial charge in [0.25, 0.3) is 0 Å². The summed E-state index contributed by atoms with van der Waals surface area (Å²) >= 11 is 1.40. The molecule has 108 valence electrons. The second kappa shape index (κ2) is 5.97. The molecule has 1 aromatic carbocycles. The number of nitrogens with one attached hydrogen (secondary N) is 1. The summed E-state index contributed by atoms with van der Waals surface area (Å²) in [7, 11) is 0. The molecular formula is C15H17N5S. The molecule has 0 spiro atoms. The first-order valence-electron chi connectivity index (χ1n) is 6.78. The number of nitrogen functional groups attached to an aromatic ring is 1. The Morgan fingerprint density at radius 1 is 1.29 bits per heavy atom. The summed E-state index contributed by atoms with van der Waals surface area (Å²) in [6.45, 7) is 2.91. The molecule has 21 heavy (non-hydrogen) atoms. The van der Waals surface area contributed by atoms with E-state index in [0.717, 1.165) is 22.7 Å². The quantitative estimate of drug-likeness (QED) is 0.759. The Labute approximate surface area is 127 Å². The van der Waals surface area contributed by atoms with Crippen molar-refractivity contribution in [3.05, 3.63) is 48.8 Å². The molecule has 0 amide bonds. The van der Waals surface area contributed by atoms with Gasteiger partial charge in [0.2, 0.25) is 0 Å². The molecule has 3 N–H and O–H groups in total. The fourth-order valence-corrected chi connectivity index (χ4v) is 3.09. The minimum atomic E-state index is 0.229. The van der Waals surface area contributed by atoms with Gasteiger partial charge in [-0.25, -0.2) is 0 Å². The summed E-state index contributed by atoms with van der Waals surface area (Å²) in [5.41, 5.74) is 8.09. The zero-order valence-electron chi connectivity index (χ0n) is 11.7. The van der Waals surface area contributed by atoms with Crippen molar-refractivity contribution >= 4 is 22.4 Å². The van der Waals surface area contributed by atoms with Crippen molar-refractivity contribution in [1.29, 1.82) is 0 Å². The lowest BCUT2D eigenvalue weighted by Gasteiger charge is -2.15. The van der Waals surface area contributed by atoms with E-state index in [2.05, 4.69) is 21.7 Å². The van der Waals surface area contributed by atoms with E-state index in [1.807, 2.05) is 47.3 Å². The molecule has 0 fully saturated rings. The highest BCUT2D eigenvalue weighted by Crippen LogP contribution is 2.36. The molecule has 0 aliphatic rings. The lowest BCUT2D eigenvalue weighted by molar-refractivity contribution is 0.562. The zero-order valence-corrected chi connectivity index (χ0v) is 12.5. The minimum absolute atomic E-state index is 0.229. The van der Waals surface area contributed by atoms with Gasteiger partial charge >= 0.3 is 0 Å². The van der Waals surface area contributed by atoms with Crippen LogP contribution in [0.1, 0.15) is 6.92 Å². The lowest BCUT2D eigenvalue weighted by atomic mass is 10.1. The average Bonchev–Trinajstić information content (AvgIpc) is 3.10. The Balaban J connectivity index is 1.80. The number of hydrogen-bond donors (Lipinski definition) is 2. The third-order valence-electron chi connectivity index (χ3n) is 3.18. The van der Waals surface area contributed by atoms with Crippen LogP contribution in [0.2, 0.25) is 0 Å². The van der Waals surface area contributed by atoms with E-state index < -0.39 is 0 Å². The van der Waals surface area contributed by atoms with Gasteiger partial charge in [-0.15, -0.1) is 0 Å². The van der Waals surface area contributed by atoms with E-state index in [0.29, 0.717) is 5.82 Å². The highest BCUT2D eigenvalue weighted by molar-refractivity contribution is 7.11. The summed E-state index contributed by atoms with van der Waals surface area (Å²) in [5.74, 6) is 0.569. The Hall–Kier alpha value is -2.34. The first-order chi connectivity index (χ1) is 10.2. The van der Waals surface area contributed by atoms with Gasteiger partial charge in [0, 0.05) is 18.4 Å². The van der Waals surface area contributed by atoms with Gasteiger partial charge in [0.1, 0.15) is 10.8 Å². The van der Waals surface area contributed by atoms with Crippen molar-refractivity contribution in [1.82, 2.24) is 14.2 Å². The van der Waals surface area contributed by atoms with Crippen molar-refractivity contribution in [2.24, 2.45) is 0 Å². The fourth-order valence-electron chi connectivity index (χ4n) is 2.24. The Morgan fingerprint density at radius 2 is 2.10 bits per heavy atom. The van der Waals surface area contributed by atoms with Gasteiger partial charge in [-0.05, 0) is 30.1 Å². The summed E-state index contributed by atoms with van der Waals surface area (Å²) in [5, 5.41) is 8.71. The fraction of sp³-hybridized carbons (Fsp3) is 0.200. The van der Waals surface area contributed by atoms with Crippen molar-refractivity contribution in [3.63, 3.8) is 0 Å². The highest BCUT2D eigenvalue weighted by Gasteiger charge is 2.15. The summed E-state index contributed by atoms with van der Waals surface area (Å²) in [6, 6.07) is 12.2. The molecule has 3 aromatic rings. The summed E-state index contributed by atoms with van der Waals surface area (Å²) in [6.07, 6.45) is 3.74. The second-order valence-corrected chi connectivity index (χ2v) is 5.68. The van der Waals surface area contributed by atoms with E-state index in [1.165, 1.54) is 11.5 Å². The van der Waals surface area contributed by atoms with Gasteiger partial charge in [-0.2, -0.15) is 9.47 Å². The predicted molar refractivity (Wildman–Crippen MR) is 87.3 cm³/mol. The molecule has 3 rings (SSSR count). The number of rotatable bonds is 5. The third-order valence-corrected chi connectivity index (χ3v) is 3.97. The van der Waals surface area contributed by atoms with Crippen molar-refractivity contribution in [2.75, 3.05) is 11.1 Å². The third kappa shape index (κ3) is 3.05. The Morgan fingerprint density at radius 3 is 2.81 bits per heavy atom. The number of aromatic nitrogens is 3.